The van der Waals surface area contributed by atoms with E-state index in [1.165, 1.54) is 205 Å². The number of allylic oxidation sites excluding steroid dienone is 16. The van der Waals surface area contributed by atoms with Crippen LogP contribution in [0.2, 0.25) is 0 Å². The van der Waals surface area contributed by atoms with Crippen LogP contribution in [0.5, 0.6) is 0 Å². The largest absolute Gasteiger partial charge is 0.477 e. The van der Waals surface area contributed by atoms with Gasteiger partial charge in [0, 0.05) is 12.8 Å². The molecular formula is C76H134NO8+. The van der Waals surface area contributed by atoms with E-state index in [1.807, 2.05) is 21.1 Å². The number of ether oxygens (including phenoxy) is 4. The van der Waals surface area contributed by atoms with Crippen molar-refractivity contribution in [3.63, 3.8) is 0 Å². The lowest BCUT2D eigenvalue weighted by atomic mass is 10.0. The van der Waals surface area contributed by atoms with Crippen molar-refractivity contribution in [3.05, 3.63) is 97.2 Å². The molecule has 0 aliphatic carbocycles. The Morgan fingerprint density at radius 1 is 0.365 bits per heavy atom. The predicted octanol–water partition coefficient (Wildman–Crippen LogP) is 22.0. The van der Waals surface area contributed by atoms with Crippen LogP contribution in [-0.2, 0) is 33.3 Å². The zero-order valence-corrected chi connectivity index (χ0v) is 56.0. The Kier molecular flexibility index (Phi) is 63.2. The minimum Gasteiger partial charge on any atom is -0.477 e. The van der Waals surface area contributed by atoms with E-state index in [1.54, 1.807) is 0 Å². The first-order chi connectivity index (χ1) is 41.6. The van der Waals surface area contributed by atoms with Crippen LogP contribution in [0.25, 0.3) is 0 Å². The molecule has 0 saturated carbocycles. The van der Waals surface area contributed by atoms with Crippen molar-refractivity contribution in [1.82, 2.24) is 0 Å². The predicted molar refractivity (Wildman–Crippen MR) is 364 cm³/mol. The molecule has 0 fully saturated rings. The summed E-state index contributed by atoms with van der Waals surface area (Å²) in [6.07, 6.45) is 88.4. The van der Waals surface area contributed by atoms with Gasteiger partial charge in [0.1, 0.15) is 13.2 Å². The first kappa shape index (κ1) is 81.2. The van der Waals surface area contributed by atoms with E-state index in [0.29, 0.717) is 23.9 Å². The normalized spacial score (nSPS) is 13.3. The van der Waals surface area contributed by atoms with Crippen molar-refractivity contribution in [3.8, 4) is 0 Å². The molecule has 2 atom stereocenters. The molecule has 9 nitrogen and oxygen atoms in total. The van der Waals surface area contributed by atoms with E-state index in [-0.39, 0.29) is 38.6 Å². The number of unbranched alkanes of at least 4 members (excludes halogenated alkanes) is 34. The second-order valence-corrected chi connectivity index (χ2v) is 24.8. The van der Waals surface area contributed by atoms with Gasteiger partial charge in [-0.3, -0.25) is 9.59 Å². The summed E-state index contributed by atoms with van der Waals surface area (Å²) in [5.41, 5.74) is 0. The summed E-state index contributed by atoms with van der Waals surface area (Å²) >= 11 is 0. The SMILES string of the molecule is CC/C=C\C/C=C\C/C=C\C/C=C\C/C=C\C/C=C\C/C=C\CCCC(=O)OC(COC(=O)CCCCCCCCCCCCCCCCCCCCCCCCCCC/C=C\CCCCCCCCCC)COC(OCC[N+](C)(C)C)C(=O)O. The molecule has 0 aromatic carbocycles. The molecule has 85 heavy (non-hydrogen) atoms. The van der Waals surface area contributed by atoms with Crippen molar-refractivity contribution >= 4 is 17.9 Å². The average molecular weight is 1190 g/mol. The first-order valence-corrected chi connectivity index (χ1v) is 35.4. The van der Waals surface area contributed by atoms with Crippen molar-refractivity contribution in [2.45, 2.75) is 322 Å². The molecule has 0 spiro atoms. The maximum Gasteiger partial charge on any atom is 0.361 e. The molecule has 0 amide bonds. The number of hydrogen-bond acceptors (Lipinski definition) is 7. The van der Waals surface area contributed by atoms with Crippen molar-refractivity contribution in [1.29, 1.82) is 0 Å². The fourth-order valence-corrected chi connectivity index (χ4v) is 9.94. The number of carboxylic acid groups (broad SMARTS) is 1. The van der Waals surface area contributed by atoms with Gasteiger partial charge in [-0.05, 0) is 89.9 Å². The summed E-state index contributed by atoms with van der Waals surface area (Å²) in [5.74, 6) is -2.08. The number of carbonyl (C=O) groups excluding carboxylic acids is 2. The smallest absolute Gasteiger partial charge is 0.361 e. The molecule has 0 aromatic rings. The molecule has 0 rings (SSSR count). The zero-order valence-electron chi connectivity index (χ0n) is 56.0. The third-order valence-electron chi connectivity index (χ3n) is 15.3. The summed E-state index contributed by atoms with van der Waals surface area (Å²) in [5, 5.41) is 9.73. The van der Waals surface area contributed by atoms with Crippen molar-refractivity contribution in [2.75, 3.05) is 47.5 Å². The molecule has 0 radical (unpaired) electrons. The van der Waals surface area contributed by atoms with Gasteiger partial charge in [0.2, 0.25) is 0 Å². The van der Waals surface area contributed by atoms with Gasteiger partial charge in [0.05, 0.1) is 34.4 Å². The fourth-order valence-electron chi connectivity index (χ4n) is 9.94. The molecule has 1 N–H and O–H groups in total. The zero-order chi connectivity index (χ0) is 61.9. The number of nitrogens with zero attached hydrogens (tertiary/aromatic N) is 1. The van der Waals surface area contributed by atoms with Gasteiger partial charge in [-0.15, -0.1) is 0 Å². The number of likely N-dealkylation sites (N-methyl/N-ethyl adjacent to an activating group) is 1. The van der Waals surface area contributed by atoms with E-state index in [9.17, 15) is 19.5 Å². The van der Waals surface area contributed by atoms with E-state index < -0.39 is 24.3 Å². The second kappa shape index (κ2) is 66.2. The Balaban J connectivity index is 4.09. The van der Waals surface area contributed by atoms with Crippen molar-refractivity contribution < 1.29 is 42.9 Å². The van der Waals surface area contributed by atoms with Crippen LogP contribution >= 0.6 is 0 Å². The van der Waals surface area contributed by atoms with Crippen LogP contribution < -0.4 is 0 Å². The van der Waals surface area contributed by atoms with Crippen LogP contribution in [-0.4, -0.2) is 87.4 Å². The summed E-state index contributed by atoms with van der Waals surface area (Å²) in [4.78, 5) is 37.5. The van der Waals surface area contributed by atoms with Gasteiger partial charge in [-0.1, -0.05) is 304 Å². The number of carboxylic acids is 1. The highest BCUT2D eigenvalue weighted by atomic mass is 16.7. The topological polar surface area (TPSA) is 108 Å². The number of esters is 2. The van der Waals surface area contributed by atoms with Gasteiger partial charge in [-0.2, -0.15) is 0 Å². The lowest BCUT2D eigenvalue weighted by molar-refractivity contribution is -0.870. The van der Waals surface area contributed by atoms with Crippen LogP contribution in [0.15, 0.2) is 97.2 Å². The van der Waals surface area contributed by atoms with Crippen LogP contribution in [0.4, 0.5) is 0 Å². The Labute approximate surface area is 524 Å². The van der Waals surface area contributed by atoms with Crippen LogP contribution in [0.1, 0.15) is 309 Å². The summed E-state index contributed by atoms with van der Waals surface area (Å²) in [7, 11) is 5.95. The summed E-state index contributed by atoms with van der Waals surface area (Å²) in [6, 6.07) is 0. The highest BCUT2D eigenvalue weighted by Crippen LogP contribution is 2.18. The van der Waals surface area contributed by atoms with Crippen LogP contribution in [0, 0.1) is 0 Å². The summed E-state index contributed by atoms with van der Waals surface area (Å²) in [6.45, 7) is 4.72. The third-order valence-corrected chi connectivity index (χ3v) is 15.3. The maximum atomic E-state index is 12.9. The number of quaternary nitrogens is 1. The Morgan fingerprint density at radius 3 is 1.05 bits per heavy atom. The maximum absolute atomic E-state index is 12.9. The Bertz CT molecular complexity index is 1720. The third kappa shape index (κ3) is 67.6. The highest BCUT2D eigenvalue weighted by molar-refractivity contribution is 5.71. The standard InChI is InChI=1S/C76H133NO8/c1-6-8-10-12-14-16-18-20-22-24-26-28-30-31-32-33-34-35-36-37-38-39-40-41-42-43-45-46-48-50-52-54-56-58-60-62-64-66-73(78)83-70-72(71-84-76(75(80)81)82-69-68-77(3,4)5)85-74(79)67-65-63-61-59-57-55-53-51-49-47-44-29-27-25-23-21-19-17-15-13-11-9-7-2/h9,11,15,17,21,23-24,26-27,29,47,49,53,55,59,61,72,76H,6-8,10,12-14,16,18-20,22,25,28,30-46,48,50-52,54,56-58,60,62-71H2,1-5H3/p+1/b11-9-,17-15-,23-21-,26-24-,29-27-,49-47-,55-53-,61-59-. The quantitative estimate of drug-likeness (QED) is 0.0211. The Morgan fingerprint density at radius 2 is 0.682 bits per heavy atom. The van der Waals surface area contributed by atoms with Crippen LogP contribution in [0.3, 0.4) is 0 Å². The lowest BCUT2D eigenvalue weighted by Gasteiger charge is -2.25. The van der Waals surface area contributed by atoms with Gasteiger partial charge < -0.3 is 28.5 Å². The number of hydrogen-bond donors (Lipinski definition) is 1. The van der Waals surface area contributed by atoms with Gasteiger partial charge in [-0.25, -0.2) is 4.79 Å². The molecule has 0 heterocycles. The molecular weight excluding hydrogens is 1050 g/mol. The molecule has 2 unspecified atom stereocenters. The fraction of sp³-hybridized carbons (Fsp3) is 0.750. The molecule has 0 aromatic heterocycles. The monoisotopic (exact) mass is 1190 g/mol. The van der Waals surface area contributed by atoms with Crippen molar-refractivity contribution in [2.24, 2.45) is 0 Å². The highest BCUT2D eigenvalue weighted by Gasteiger charge is 2.25. The lowest BCUT2D eigenvalue weighted by Crippen LogP contribution is -2.40. The minimum absolute atomic E-state index is 0.173. The molecule has 0 saturated heterocycles. The van der Waals surface area contributed by atoms with E-state index in [0.717, 1.165) is 64.2 Å². The molecule has 0 bridgehead atoms. The number of aliphatic carboxylic acids is 1. The van der Waals surface area contributed by atoms with E-state index in [4.69, 9.17) is 18.9 Å². The Hall–Kier alpha value is -3.79. The average Bonchev–Trinajstić information content (AvgIpc) is 3.49. The molecule has 9 heteroatoms. The summed E-state index contributed by atoms with van der Waals surface area (Å²) < 4.78 is 22.9. The number of carbonyl (C=O) groups is 3. The van der Waals surface area contributed by atoms with Gasteiger partial charge in [0.15, 0.2) is 6.10 Å². The molecule has 0 aliphatic rings. The van der Waals surface area contributed by atoms with Gasteiger partial charge >= 0.3 is 17.9 Å². The van der Waals surface area contributed by atoms with E-state index >= 15 is 0 Å². The number of rotatable bonds is 65. The minimum atomic E-state index is -1.53. The van der Waals surface area contributed by atoms with E-state index in [2.05, 4.69) is 111 Å². The second-order valence-electron chi connectivity index (χ2n) is 24.8. The van der Waals surface area contributed by atoms with Gasteiger partial charge in [0.25, 0.3) is 6.29 Å². The first-order valence-electron chi connectivity index (χ1n) is 35.4. The molecule has 490 valence electrons. The molecule has 0 aliphatic heterocycles.